The van der Waals surface area contributed by atoms with Gasteiger partial charge in [0.25, 0.3) is 0 Å². The minimum atomic E-state index is 0.516. The normalized spacial score (nSPS) is 13.1. The van der Waals surface area contributed by atoms with Gasteiger partial charge >= 0.3 is 0 Å². The van der Waals surface area contributed by atoms with E-state index in [4.69, 9.17) is 4.74 Å². The number of allylic oxidation sites excluding steroid dienone is 3. The first-order valence-corrected chi connectivity index (χ1v) is 8.94. The minimum absolute atomic E-state index is 0.516. The van der Waals surface area contributed by atoms with Gasteiger partial charge in [0.2, 0.25) is 0 Å². The molecule has 0 amide bonds. The number of hydrogen-bond donors (Lipinski definition) is 1. The van der Waals surface area contributed by atoms with E-state index in [0.29, 0.717) is 6.61 Å². The Hall–Kier alpha value is -3.40. The van der Waals surface area contributed by atoms with E-state index >= 15 is 0 Å². The Morgan fingerprint density at radius 1 is 0.963 bits per heavy atom. The molecule has 133 valence electrons. The number of hydrogen-bond acceptors (Lipinski definition) is 4. The van der Waals surface area contributed by atoms with Crippen molar-refractivity contribution in [3.05, 3.63) is 103 Å². The van der Waals surface area contributed by atoms with Crippen LogP contribution in [-0.2, 0) is 6.61 Å². The average molecular weight is 354 g/mol. The van der Waals surface area contributed by atoms with Crippen LogP contribution in [0.4, 0.5) is 5.82 Å². The van der Waals surface area contributed by atoms with Gasteiger partial charge in [0, 0.05) is 17.3 Å². The predicted octanol–water partition coefficient (Wildman–Crippen LogP) is 5.18. The molecule has 4 nitrogen and oxygen atoms in total. The number of para-hydroxylation sites is 1. The van der Waals surface area contributed by atoms with Gasteiger partial charge in [-0.25, -0.2) is 9.97 Å². The second kappa shape index (κ2) is 8.32. The fourth-order valence-corrected chi connectivity index (χ4v) is 2.87. The number of nitrogens with one attached hydrogen (secondary N) is 1. The van der Waals surface area contributed by atoms with Crippen LogP contribution in [0.25, 0.3) is 11.3 Å². The smallest absolute Gasteiger partial charge is 0.134 e. The van der Waals surface area contributed by atoms with E-state index in [9.17, 15) is 0 Å². The third kappa shape index (κ3) is 4.42. The molecule has 0 bridgehead atoms. The first kappa shape index (κ1) is 17.0. The largest absolute Gasteiger partial charge is 0.488 e. The lowest BCUT2D eigenvalue weighted by Gasteiger charge is -2.13. The molecule has 4 heteroatoms. The molecule has 1 radical (unpaired) electrons. The third-order valence-corrected chi connectivity index (χ3v) is 4.23. The van der Waals surface area contributed by atoms with Crippen LogP contribution in [-0.4, -0.2) is 9.97 Å². The molecule has 3 aromatic rings. The zero-order chi connectivity index (χ0) is 18.3. The van der Waals surface area contributed by atoms with E-state index in [1.807, 2.05) is 60.7 Å². The lowest BCUT2D eigenvalue weighted by Crippen LogP contribution is -2.02. The van der Waals surface area contributed by atoms with Crippen LogP contribution in [0.3, 0.4) is 0 Å². The molecule has 0 fully saturated rings. The molecule has 0 saturated heterocycles. The summed E-state index contributed by atoms with van der Waals surface area (Å²) in [6, 6.07) is 20.0. The zero-order valence-corrected chi connectivity index (χ0v) is 14.9. The van der Waals surface area contributed by atoms with E-state index in [2.05, 4.69) is 39.9 Å². The van der Waals surface area contributed by atoms with Crippen LogP contribution >= 0.6 is 0 Å². The second-order valence-corrected chi connectivity index (χ2v) is 6.17. The summed E-state index contributed by atoms with van der Waals surface area (Å²) < 4.78 is 6.06. The van der Waals surface area contributed by atoms with E-state index in [1.165, 1.54) is 0 Å². The molecule has 1 aromatic heterocycles. The molecule has 0 aliphatic heterocycles. The van der Waals surface area contributed by atoms with Gasteiger partial charge in [-0.15, -0.1) is 0 Å². The van der Waals surface area contributed by atoms with Crippen molar-refractivity contribution < 1.29 is 4.74 Å². The highest BCUT2D eigenvalue weighted by Gasteiger charge is 2.09. The van der Waals surface area contributed by atoms with E-state index in [0.717, 1.165) is 40.5 Å². The van der Waals surface area contributed by atoms with Gasteiger partial charge in [0.15, 0.2) is 0 Å². The maximum Gasteiger partial charge on any atom is 0.134 e. The summed E-state index contributed by atoms with van der Waals surface area (Å²) in [7, 11) is 0. The lowest BCUT2D eigenvalue weighted by molar-refractivity contribution is 0.307. The van der Waals surface area contributed by atoms with Crippen molar-refractivity contribution in [1.29, 1.82) is 0 Å². The summed E-state index contributed by atoms with van der Waals surface area (Å²) in [6.07, 6.45) is 10.8. The van der Waals surface area contributed by atoms with E-state index in [1.54, 1.807) is 6.33 Å². The Kier molecular flexibility index (Phi) is 5.25. The molecule has 0 spiro atoms. The molecule has 4 rings (SSSR count). The molecule has 2 aromatic carbocycles. The van der Waals surface area contributed by atoms with Gasteiger partial charge in [-0.2, -0.15) is 0 Å². The molecule has 0 saturated carbocycles. The standard InChI is InChI=1S/C23H20N3O/c1-3-9-18(10-4-1)16-27-22-14-8-7-13-20(22)21-15-23(25-17-24-21)26-19-11-5-2-6-12-19/h1-5,7-15,17H,6,16H2,(H,24,25,26). The highest BCUT2D eigenvalue weighted by molar-refractivity contribution is 5.69. The van der Waals surface area contributed by atoms with Crippen LogP contribution in [0, 0.1) is 6.42 Å². The Balaban J connectivity index is 1.55. The summed E-state index contributed by atoms with van der Waals surface area (Å²) in [5, 5.41) is 3.33. The summed E-state index contributed by atoms with van der Waals surface area (Å²) in [5.74, 6) is 1.56. The Morgan fingerprint density at radius 3 is 2.67 bits per heavy atom. The molecule has 1 aliphatic carbocycles. The maximum absolute atomic E-state index is 6.06. The van der Waals surface area contributed by atoms with E-state index < -0.39 is 0 Å². The fourth-order valence-electron chi connectivity index (χ4n) is 2.87. The maximum atomic E-state index is 6.06. The SMILES string of the molecule is [CH]1C=CC(Nc2cc(-c3ccccc3OCc3ccccc3)ncn2)=CC1. The van der Waals surface area contributed by atoms with Crippen molar-refractivity contribution in [2.24, 2.45) is 0 Å². The van der Waals surface area contributed by atoms with Crippen molar-refractivity contribution in [3.63, 3.8) is 0 Å². The number of ether oxygens (including phenoxy) is 1. The highest BCUT2D eigenvalue weighted by atomic mass is 16.5. The lowest BCUT2D eigenvalue weighted by atomic mass is 10.1. The molecule has 0 atom stereocenters. The number of anilines is 1. The molecular weight excluding hydrogens is 334 g/mol. The van der Waals surface area contributed by atoms with Gasteiger partial charge in [0.05, 0.1) is 5.69 Å². The molecule has 1 N–H and O–H groups in total. The average Bonchev–Trinajstić information content (AvgIpc) is 2.74. The van der Waals surface area contributed by atoms with Crippen LogP contribution < -0.4 is 10.1 Å². The van der Waals surface area contributed by atoms with Gasteiger partial charge < -0.3 is 10.1 Å². The van der Waals surface area contributed by atoms with Crippen molar-refractivity contribution >= 4 is 5.82 Å². The van der Waals surface area contributed by atoms with E-state index in [-0.39, 0.29) is 0 Å². The van der Waals surface area contributed by atoms with Gasteiger partial charge in [0.1, 0.15) is 24.5 Å². The quantitative estimate of drug-likeness (QED) is 0.662. The summed E-state index contributed by atoms with van der Waals surface area (Å²) >= 11 is 0. The number of rotatable bonds is 6. The highest BCUT2D eigenvalue weighted by Crippen LogP contribution is 2.30. The first-order valence-electron chi connectivity index (χ1n) is 8.94. The monoisotopic (exact) mass is 354 g/mol. The van der Waals surface area contributed by atoms with Gasteiger partial charge in [-0.3, -0.25) is 0 Å². The summed E-state index contributed by atoms with van der Waals surface area (Å²) in [4.78, 5) is 8.78. The van der Waals surface area contributed by atoms with Gasteiger partial charge in [-0.1, -0.05) is 54.6 Å². The Labute approximate surface area is 159 Å². The van der Waals surface area contributed by atoms with Crippen LogP contribution in [0.1, 0.15) is 12.0 Å². The van der Waals surface area contributed by atoms with Gasteiger partial charge in [-0.05, 0) is 36.6 Å². The number of benzene rings is 2. The topological polar surface area (TPSA) is 47.0 Å². The summed E-state index contributed by atoms with van der Waals surface area (Å²) in [5.41, 5.74) is 3.93. The Morgan fingerprint density at radius 2 is 1.81 bits per heavy atom. The van der Waals surface area contributed by atoms with Crippen LogP contribution in [0.15, 0.2) is 90.9 Å². The predicted molar refractivity (Wildman–Crippen MR) is 108 cm³/mol. The zero-order valence-electron chi connectivity index (χ0n) is 14.9. The molecular formula is C23H20N3O. The molecule has 1 heterocycles. The first-order chi connectivity index (χ1) is 13.4. The fraction of sp³-hybridized carbons (Fsp3) is 0.0870. The molecule has 0 unspecified atom stereocenters. The number of aromatic nitrogens is 2. The van der Waals surface area contributed by atoms with Crippen molar-refractivity contribution in [1.82, 2.24) is 9.97 Å². The van der Waals surface area contributed by atoms with Crippen LogP contribution in [0.5, 0.6) is 5.75 Å². The Bertz CT molecular complexity index is 964. The number of nitrogens with zero attached hydrogens (tertiary/aromatic N) is 2. The van der Waals surface area contributed by atoms with Crippen molar-refractivity contribution in [3.8, 4) is 17.0 Å². The second-order valence-electron chi connectivity index (χ2n) is 6.17. The molecule has 1 aliphatic rings. The van der Waals surface area contributed by atoms with Crippen molar-refractivity contribution in [2.45, 2.75) is 13.0 Å². The van der Waals surface area contributed by atoms with Crippen LogP contribution in [0.2, 0.25) is 0 Å². The molecule has 27 heavy (non-hydrogen) atoms. The minimum Gasteiger partial charge on any atom is -0.488 e. The third-order valence-electron chi connectivity index (χ3n) is 4.23. The van der Waals surface area contributed by atoms with Crippen molar-refractivity contribution in [2.75, 3.05) is 5.32 Å². The summed E-state index contributed by atoms with van der Waals surface area (Å²) in [6.45, 7) is 0.516.